The van der Waals surface area contributed by atoms with E-state index in [0.29, 0.717) is 0 Å². The van der Waals surface area contributed by atoms with Crippen molar-refractivity contribution in [2.45, 2.75) is 6.92 Å². The van der Waals surface area contributed by atoms with Gasteiger partial charge in [0.25, 0.3) is 0 Å². The largest absolute Gasteiger partial charge is 0.465 e. The molecule has 0 unspecified atom stereocenters. The average Bonchev–Trinajstić information content (AvgIpc) is 1.59. The van der Waals surface area contributed by atoms with Crippen molar-refractivity contribution in [1.82, 2.24) is 0 Å². The van der Waals surface area contributed by atoms with Gasteiger partial charge in [0.1, 0.15) is 0 Å². The molecule has 0 saturated heterocycles. The first-order valence-electron chi connectivity index (χ1n) is 2.53. The van der Waals surface area contributed by atoms with Crippen molar-refractivity contribution in [3.05, 3.63) is 0 Å². The first kappa shape index (κ1) is 9.35. The van der Waals surface area contributed by atoms with Crippen molar-refractivity contribution < 1.29 is 21.8 Å². The molecule has 6 heteroatoms. The average molecular weight is 170 g/mol. The number of carbonyl (C=O) groups is 1. The van der Waals surface area contributed by atoms with Gasteiger partial charge in [-0.2, -0.15) is 8.42 Å². The standard InChI is InChI=1S/C4H7FO4S/c1-2-9-4(6)3-10(5,7)8/h2-3H2,1H3. The summed E-state index contributed by atoms with van der Waals surface area (Å²) >= 11 is 0. The summed E-state index contributed by atoms with van der Waals surface area (Å²) in [5, 5.41) is 0. The Kier molecular flexibility index (Phi) is 3.27. The zero-order valence-corrected chi connectivity index (χ0v) is 6.15. The summed E-state index contributed by atoms with van der Waals surface area (Å²) in [5.74, 6) is -2.26. The van der Waals surface area contributed by atoms with Crippen molar-refractivity contribution in [3.8, 4) is 0 Å². The van der Waals surface area contributed by atoms with Gasteiger partial charge in [-0.25, -0.2) is 0 Å². The molecular weight excluding hydrogens is 163 g/mol. The fraction of sp³-hybridized carbons (Fsp3) is 0.750. The van der Waals surface area contributed by atoms with Crippen molar-refractivity contribution in [2.75, 3.05) is 12.4 Å². The Morgan fingerprint density at radius 3 is 2.40 bits per heavy atom. The number of carbonyl (C=O) groups excluding carboxylic acids is 1. The van der Waals surface area contributed by atoms with E-state index in [1.54, 1.807) is 0 Å². The van der Waals surface area contributed by atoms with Crippen LogP contribution in [0.25, 0.3) is 0 Å². The summed E-state index contributed by atoms with van der Waals surface area (Å²) in [6, 6.07) is 0. The molecule has 0 aliphatic heterocycles. The van der Waals surface area contributed by atoms with Gasteiger partial charge in [-0.15, -0.1) is 3.89 Å². The van der Waals surface area contributed by atoms with Crippen LogP contribution >= 0.6 is 0 Å². The Morgan fingerprint density at radius 2 is 2.10 bits per heavy atom. The lowest BCUT2D eigenvalue weighted by Gasteiger charge is -1.95. The van der Waals surface area contributed by atoms with E-state index in [1.165, 1.54) is 6.92 Å². The number of ether oxygens (including phenoxy) is 1. The highest BCUT2D eigenvalue weighted by Crippen LogP contribution is 1.91. The van der Waals surface area contributed by atoms with E-state index in [1.807, 2.05) is 0 Å². The van der Waals surface area contributed by atoms with Gasteiger partial charge < -0.3 is 4.74 Å². The highest BCUT2D eigenvalue weighted by molar-refractivity contribution is 7.87. The third-order valence-electron chi connectivity index (χ3n) is 0.596. The molecule has 10 heavy (non-hydrogen) atoms. The van der Waals surface area contributed by atoms with Gasteiger partial charge in [0.05, 0.1) is 6.61 Å². The molecule has 0 fully saturated rings. The van der Waals surface area contributed by atoms with Crippen LogP contribution < -0.4 is 0 Å². The minimum Gasteiger partial charge on any atom is -0.465 e. The normalized spacial score (nSPS) is 11.0. The Bertz CT molecular complexity index is 207. The molecule has 0 rings (SSSR count). The molecule has 0 N–H and O–H groups in total. The topological polar surface area (TPSA) is 60.4 Å². The van der Waals surface area contributed by atoms with Crippen LogP contribution in [0.5, 0.6) is 0 Å². The predicted octanol–water partition coefficient (Wildman–Crippen LogP) is -0.151. The quantitative estimate of drug-likeness (QED) is 0.436. The Hall–Kier alpha value is -0.650. The molecule has 0 bridgehead atoms. The summed E-state index contributed by atoms with van der Waals surface area (Å²) in [6.07, 6.45) is 0. The molecule has 60 valence electrons. The summed E-state index contributed by atoms with van der Waals surface area (Å²) < 4.78 is 35.3. The molecule has 0 radical (unpaired) electrons. The van der Waals surface area contributed by atoms with E-state index in [0.717, 1.165) is 0 Å². The fourth-order valence-corrected chi connectivity index (χ4v) is 0.708. The molecule has 0 heterocycles. The highest BCUT2D eigenvalue weighted by atomic mass is 32.3. The van der Waals surface area contributed by atoms with Gasteiger partial charge in [0.2, 0.25) is 0 Å². The van der Waals surface area contributed by atoms with Crippen LogP contribution in [0.4, 0.5) is 3.89 Å². The smallest absolute Gasteiger partial charge is 0.323 e. The number of hydrogen-bond donors (Lipinski definition) is 0. The number of hydrogen-bond acceptors (Lipinski definition) is 4. The molecule has 0 aromatic carbocycles. The van der Waals surface area contributed by atoms with Gasteiger partial charge in [0.15, 0.2) is 5.75 Å². The molecule has 0 spiro atoms. The van der Waals surface area contributed by atoms with Gasteiger partial charge in [-0.05, 0) is 6.92 Å². The second-order valence-corrected chi connectivity index (χ2v) is 2.85. The van der Waals surface area contributed by atoms with E-state index >= 15 is 0 Å². The minimum atomic E-state index is -4.72. The minimum absolute atomic E-state index is 0.0500. The van der Waals surface area contributed by atoms with Crippen LogP contribution in [-0.4, -0.2) is 26.7 Å². The lowest BCUT2D eigenvalue weighted by molar-refractivity contribution is -0.140. The molecule has 4 nitrogen and oxygen atoms in total. The number of halogens is 1. The molecule has 0 atom stereocenters. The molecule has 0 aliphatic carbocycles. The molecule has 0 aromatic rings. The van der Waals surface area contributed by atoms with Crippen LogP contribution in [0.1, 0.15) is 6.92 Å². The van der Waals surface area contributed by atoms with E-state index in [-0.39, 0.29) is 6.61 Å². The van der Waals surface area contributed by atoms with Crippen molar-refractivity contribution in [2.24, 2.45) is 0 Å². The van der Waals surface area contributed by atoms with E-state index < -0.39 is 21.9 Å². The highest BCUT2D eigenvalue weighted by Gasteiger charge is 2.14. The summed E-state index contributed by atoms with van der Waals surface area (Å²) in [6.45, 7) is 1.55. The summed E-state index contributed by atoms with van der Waals surface area (Å²) in [4.78, 5) is 10.2. The third kappa shape index (κ3) is 5.49. The summed E-state index contributed by atoms with van der Waals surface area (Å²) in [7, 11) is -4.72. The van der Waals surface area contributed by atoms with Crippen LogP contribution in [0.2, 0.25) is 0 Å². The number of esters is 1. The molecule has 0 aromatic heterocycles. The SMILES string of the molecule is CCOC(=O)CS(=O)(=O)F. The van der Waals surface area contributed by atoms with Crippen LogP contribution in [0.3, 0.4) is 0 Å². The zero-order chi connectivity index (χ0) is 8.20. The lowest BCUT2D eigenvalue weighted by atomic mass is 10.8. The summed E-state index contributed by atoms with van der Waals surface area (Å²) in [5.41, 5.74) is 0. The molecule has 0 aliphatic rings. The van der Waals surface area contributed by atoms with Crippen LogP contribution in [0, 0.1) is 0 Å². The van der Waals surface area contributed by atoms with Gasteiger partial charge in [0, 0.05) is 0 Å². The third-order valence-corrected chi connectivity index (χ3v) is 1.18. The van der Waals surface area contributed by atoms with Crippen molar-refractivity contribution >= 4 is 16.2 Å². The zero-order valence-electron chi connectivity index (χ0n) is 5.33. The van der Waals surface area contributed by atoms with Gasteiger partial charge in [-0.1, -0.05) is 0 Å². The second-order valence-electron chi connectivity index (χ2n) is 1.49. The first-order chi connectivity index (χ1) is 4.45. The maximum Gasteiger partial charge on any atom is 0.323 e. The molecule has 0 amide bonds. The van der Waals surface area contributed by atoms with E-state index in [2.05, 4.69) is 4.74 Å². The van der Waals surface area contributed by atoms with Gasteiger partial charge in [-0.3, -0.25) is 4.79 Å². The molecule has 0 saturated carbocycles. The second kappa shape index (κ2) is 3.50. The van der Waals surface area contributed by atoms with Gasteiger partial charge >= 0.3 is 16.2 Å². The van der Waals surface area contributed by atoms with E-state index in [9.17, 15) is 17.1 Å². The Morgan fingerprint density at radius 1 is 1.60 bits per heavy atom. The Balaban J connectivity index is 3.82. The maximum atomic E-state index is 11.6. The van der Waals surface area contributed by atoms with E-state index in [4.69, 9.17) is 0 Å². The number of rotatable bonds is 3. The molecular formula is C4H7FO4S. The van der Waals surface area contributed by atoms with Crippen molar-refractivity contribution in [3.63, 3.8) is 0 Å². The lowest BCUT2D eigenvalue weighted by Crippen LogP contribution is -2.14. The fourth-order valence-electron chi connectivity index (χ4n) is 0.343. The van der Waals surface area contributed by atoms with Crippen LogP contribution in [-0.2, 0) is 19.8 Å². The Labute approximate surface area is 58.2 Å². The van der Waals surface area contributed by atoms with Crippen molar-refractivity contribution in [1.29, 1.82) is 0 Å². The first-order valence-corrected chi connectivity index (χ1v) is 4.09. The monoisotopic (exact) mass is 170 g/mol. The predicted molar refractivity (Wildman–Crippen MR) is 31.5 cm³/mol. The van der Waals surface area contributed by atoms with Crippen LogP contribution in [0.15, 0.2) is 0 Å². The maximum absolute atomic E-state index is 11.6.